The Morgan fingerprint density at radius 2 is 2.15 bits per heavy atom. The number of esters is 1. The Bertz CT molecular complexity index is 893. The molecular formula is C18H21ClN2O5S. The second-order valence-corrected chi connectivity index (χ2v) is 8.96. The summed E-state index contributed by atoms with van der Waals surface area (Å²) in [6.07, 6.45) is 5.15. The number of carbonyl (C=O) groups is 1. The first-order valence-corrected chi connectivity index (χ1v) is 11.0. The molecule has 0 amide bonds. The third kappa shape index (κ3) is 3.70. The molecule has 1 aromatic rings. The van der Waals surface area contributed by atoms with Crippen LogP contribution in [0.15, 0.2) is 21.4 Å². The van der Waals surface area contributed by atoms with E-state index in [1.54, 1.807) is 0 Å². The SMILES string of the molecule is O=C(OCC1CCCO1)c1cc2c(cc1Cl)N1CCCCCC1=NS2(=O)=O. The van der Waals surface area contributed by atoms with Gasteiger partial charge < -0.3 is 14.4 Å². The van der Waals surface area contributed by atoms with Crippen LogP contribution >= 0.6 is 11.6 Å². The Balaban J connectivity index is 1.65. The average molecular weight is 413 g/mol. The highest BCUT2D eigenvalue weighted by molar-refractivity contribution is 7.90. The molecule has 0 spiro atoms. The molecule has 0 aliphatic carbocycles. The van der Waals surface area contributed by atoms with E-state index in [0.717, 1.165) is 32.1 Å². The molecule has 3 heterocycles. The standard InChI is InChI=1S/C18H21ClN2O5S/c19-14-10-15-16(9-13(14)18(22)26-11-12-5-4-8-25-12)27(23,24)20-17-6-2-1-3-7-21(15)17/h9-10,12H,1-8,11H2. The smallest absolute Gasteiger partial charge is 0.339 e. The lowest BCUT2D eigenvalue weighted by Gasteiger charge is -2.30. The van der Waals surface area contributed by atoms with Crippen LogP contribution < -0.4 is 4.90 Å². The lowest BCUT2D eigenvalue weighted by atomic mass is 10.1. The minimum absolute atomic E-state index is 0.00150. The van der Waals surface area contributed by atoms with Gasteiger partial charge in [-0.3, -0.25) is 0 Å². The van der Waals surface area contributed by atoms with Crippen molar-refractivity contribution in [1.29, 1.82) is 0 Å². The van der Waals surface area contributed by atoms with Crippen LogP contribution in [0.1, 0.15) is 48.9 Å². The van der Waals surface area contributed by atoms with E-state index in [1.165, 1.54) is 12.1 Å². The summed E-state index contributed by atoms with van der Waals surface area (Å²) in [5.41, 5.74) is 0.521. The molecule has 27 heavy (non-hydrogen) atoms. The number of anilines is 1. The molecule has 9 heteroatoms. The number of halogens is 1. The molecule has 2 saturated heterocycles. The summed E-state index contributed by atoms with van der Waals surface area (Å²) in [4.78, 5) is 14.4. The van der Waals surface area contributed by atoms with Gasteiger partial charge in [0.25, 0.3) is 10.0 Å². The third-order valence-electron chi connectivity index (χ3n) is 5.08. The lowest BCUT2D eigenvalue weighted by molar-refractivity contribution is 0.0161. The number of hydrogen-bond donors (Lipinski definition) is 0. The zero-order chi connectivity index (χ0) is 19.0. The van der Waals surface area contributed by atoms with Crippen molar-refractivity contribution in [3.8, 4) is 0 Å². The van der Waals surface area contributed by atoms with Gasteiger partial charge in [-0.2, -0.15) is 8.42 Å². The number of sulfonamides is 1. The molecule has 3 aliphatic rings. The Kier molecular flexibility index (Phi) is 5.13. The van der Waals surface area contributed by atoms with E-state index in [-0.39, 0.29) is 28.2 Å². The van der Waals surface area contributed by atoms with E-state index in [4.69, 9.17) is 21.1 Å². The minimum atomic E-state index is -3.88. The Hall–Kier alpha value is -1.64. The van der Waals surface area contributed by atoms with Crippen LogP contribution in [0.5, 0.6) is 0 Å². The zero-order valence-corrected chi connectivity index (χ0v) is 16.4. The van der Waals surface area contributed by atoms with E-state index in [0.29, 0.717) is 31.1 Å². The molecule has 0 radical (unpaired) electrons. The number of rotatable bonds is 3. The van der Waals surface area contributed by atoms with E-state index in [1.807, 2.05) is 4.90 Å². The van der Waals surface area contributed by atoms with Gasteiger partial charge in [0.15, 0.2) is 0 Å². The van der Waals surface area contributed by atoms with Crippen molar-refractivity contribution in [2.75, 3.05) is 24.7 Å². The fourth-order valence-electron chi connectivity index (χ4n) is 3.68. The van der Waals surface area contributed by atoms with Crippen molar-refractivity contribution in [1.82, 2.24) is 0 Å². The summed E-state index contributed by atoms with van der Waals surface area (Å²) in [6, 6.07) is 2.83. The summed E-state index contributed by atoms with van der Waals surface area (Å²) in [7, 11) is -3.88. The van der Waals surface area contributed by atoms with Gasteiger partial charge in [0.05, 0.1) is 22.4 Å². The topological polar surface area (TPSA) is 85.3 Å². The van der Waals surface area contributed by atoms with Crippen LogP contribution in [0.3, 0.4) is 0 Å². The molecule has 146 valence electrons. The summed E-state index contributed by atoms with van der Waals surface area (Å²) in [5, 5.41) is 0.173. The molecule has 2 fully saturated rings. The highest BCUT2D eigenvalue weighted by atomic mass is 35.5. The Morgan fingerprint density at radius 3 is 2.93 bits per heavy atom. The molecule has 7 nitrogen and oxygen atoms in total. The maximum absolute atomic E-state index is 12.7. The van der Waals surface area contributed by atoms with Crippen molar-refractivity contribution in [3.63, 3.8) is 0 Å². The molecule has 0 saturated carbocycles. The third-order valence-corrected chi connectivity index (χ3v) is 6.73. The molecule has 1 aromatic carbocycles. The van der Waals surface area contributed by atoms with Crippen LogP contribution in [0.25, 0.3) is 0 Å². The number of ether oxygens (including phenoxy) is 2. The number of nitrogens with zero attached hydrogens (tertiary/aromatic N) is 2. The number of amidine groups is 1. The number of carbonyl (C=O) groups excluding carboxylic acids is 1. The molecular weight excluding hydrogens is 392 g/mol. The zero-order valence-electron chi connectivity index (χ0n) is 14.8. The fraction of sp³-hybridized carbons (Fsp3) is 0.556. The van der Waals surface area contributed by atoms with Crippen molar-refractivity contribution < 1.29 is 22.7 Å². The van der Waals surface area contributed by atoms with Gasteiger partial charge in [-0.15, -0.1) is 4.40 Å². The highest BCUT2D eigenvalue weighted by Gasteiger charge is 2.33. The van der Waals surface area contributed by atoms with Gasteiger partial charge in [-0.05, 0) is 37.8 Å². The van der Waals surface area contributed by atoms with Crippen molar-refractivity contribution in [3.05, 3.63) is 22.7 Å². The highest BCUT2D eigenvalue weighted by Crippen LogP contribution is 2.38. The van der Waals surface area contributed by atoms with Gasteiger partial charge in [-0.1, -0.05) is 18.0 Å². The first-order valence-electron chi connectivity index (χ1n) is 9.19. The number of hydrogen-bond acceptors (Lipinski definition) is 6. The van der Waals surface area contributed by atoms with E-state index < -0.39 is 16.0 Å². The second kappa shape index (κ2) is 7.41. The predicted molar refractivity (Wildman–Crippen MR) is 101 cm³/mol. The van der Waals surface area contributed by atoms with Crippen LogP contribution in [0.2, 0.25) is 5.02 Å². The van der Waals surface area contributed by atoms with Crippen LogP contribution in [-0.2, 0) is 19.5 Å². The fourth-order valence-corrected chi connectivity index (χ4v) is 5.18. The van der Waals surface area contributed by atoms with Crippen molar-refractivity contribution >= 4 is 39.1 Å². The molecule has 0 N–H and O–H groups in total. The van der Waals surface area contributed by atoms with E-state index in [2.05, 4.69) is 4.40 Å². The number of benzene rings is 1. The lowest BCUT2D eigenvalue weighted by Crippen LogP contribution is -2.35. The monoisotopic (exact) mass is 412 g/mol. The summed E-state index contributed by atoms with van der Waals surface area (Å²) >= 11 is 6.32. The molecule has 1 unspecified atom stereocenters. The maximum Gasteiger partial charge on any atom is 0.339 e. The van der Waals surface area contributed by atoms with Crippen LogP contribution in [0.4, 0.5) is 5.69 Å². The maximum atomic E-state index is 12.7. The van der Waals surface area contributed by atoms with Gasteiger partial charge in [0.1, 0.15) is 17.3 Å². The molecule has 0 bridgehead atoms. The summed E-state index contributed by atoms with van der Waals surface area (Å²) in [5.74, 6) is -0.107. The average Bonchev–Trinajstić information content (AvgIpc) is 3.04. The van der Waals surface area contributed by atoms with Gasteiger partial charge >= 0.3 is 5.97 Å². The Labute approximate surface area is 163 Å². The first kappa shape index (κ1) is 18.7. The largest absolute Gasteiger partial charge is 0.459 e. The molecule has 1 atom stereocenters. The van der Waals surface area contributed by atoms with Crippen molar-refractivity contribution in [2.24, 2.45) is 4.40 Å². The van der Waals surface area contributed by atoms with Crippen molar-refractivity contribution in [2.45, 2.75) is 49.5 Å². The minimum Gasteiger partial charge on any atom is -0.459 e. The van der Waals surface area contributed by atoms with Gasteiger partial charge in [0, 0.05) is 19.6 Å². The van der Waals surface area contributed by atoms with Gasteiger partial charge in [0.2, 0.25) is 0 Å². The first-order chi connectivity index (χ1) is 13.0. The van der Waals surface area contributed by atoms with E-state index in [9.17, 15) is 13.2 Å². The van der Waals surface area contributed by atoms with Crippen LogP contribution in [-0.4, -0.2) is 46.1 Å². The number of fused-ring (bicyclic) bond motifs is 3. The second-order valence-electron chi connectivity index (χ2n) is 6.98. The normalized spacial score (nSPS) is 23.8. The Morgan fingerprint density at radius 1 is 1.30 bits per heavy atom. The molecule has 3 aliphatic heterocycles. The summed E-state index contributed by atoms with van der Waals surface area (Å²) < 4.78 is 40.0. The molecule has 0 aromatic heterocycles. The van der Waals surface area contributed by atoms with Crippen LogP contribution in [0, 0.1) is 0 Å². The van der Waals surface area contributed by atoms with Gasteiger partial charge in [-0.25, -0.2) is 4.79 Å². The summed E-state index contributed by atoms with van der Waals surface area (Å²) in [6.45, 7) is 1.48. The van der Waals surface area contributed by atoms with E-state index >= 15 is 0 Å². The quantitative estimate of drug-likeness (QED) is 0.709. The molecule has 4 rings (SSSR count). The predicted octanol–water partition coefficient (Wildman–Crippen LogP) is 3.16.